The van der Waals surface area contributed by atoms with E-state index >= 15 is 0 Å². The Balaban J connectivity index is 2.22. The van der Waals surface area contributed by atoms with Crippen LogP contribution in [0.5, 0.6) is 5.75 Å². The molecule has 0 spiro atoms. The van der Waals surface area contributed by atoms with Crippen molar-refractivity contribution in [2.24, 2.45) is 5.73 Å². The van der Waals surface area contributed by atoms with Gasteiger partial charge < -0.3 is 10.5 Å². The Morgan fingerprint density at radius 3 is 2.92 bits per heavy atom. The van der Waals surface area contributed by atoms with E-state index in [1.165, 1.54) is 5.56 Å². The van der Waals surface area contributed by atoms with Crippen LogP contribution in [0, 0.1) is 0 Å². The van der Waals surface area contributed by atoms with Crippen LogP contribution in [-0.4, -0.2) is 12.1 Å². The van der Waals surface area contributed by atoms with E-state index in [2.05, 4.69) is 6.07 Å². The molecule has 0 saturated heterocycles. The first-order valence-corrected chi connectivity index (χ1v) is 4.27. The summed E-state index contributed by atoms with van der Waals surface area (Å²) in [5.41, 5.74) is 7.03. The SMILES string of the molecule is C[C@@H](N)[C@H]1Cc2ccccc2O1. The topological polar surface area (TPSA) is 35.2 Å². The van der Waals surface area contributed by atoms with Gasteiger partial charge in [-0.3, -0.25) is 0 Å². The minimum absolute atomic E-state index is 0.109. The van der Waals surface area contributed by atoms with Crippen LogP contribution in [-0.2, 0) is 6.42 Å². The van der Waals surface area contributed by atoms with Crippen molar-refractivity contribution in [1.29, 1.82) is 0 Å². The zero-order valence-corrected chi connectivity index (χ0v) is 7.16. The van der Waals surface area contributed by atoms with Crippen LogP contribution in [0.25, 0.3) is 0 Å². The molecule has 0 bridgehead atoms. The first-order valence-electron chi connectivity index (χ1n) is 4.27. The van der Waals surface area contributed by atoms with Crippen molar-refractivity contribution in [3.63, 3.8) is 0 Å². The standard InChI is InChI=1S/C10H13NO/c1-7(11)10-6-8-4-2-3-5-9(8)12-10/h2-5,7,10H,6,11H2,1H3/t7-,10-/m1/s1. The second-order valence-electron chi connectivity index (χ2n) is 3.33. The summed E-state index contributed by atoms with van der Waals surface area (Å²) in [5.74, 6) is 1.000. The van der Waals surface area contributed by atoms with Crippen molar-refractivity contribution in [1.82, 2.24) is 0 Å². The number of para-hydroxylation sites is 1. The highest BCUT2D eigenvalue weighted by atomic mass is 16.5. The molecule has 64 valence electrons. The van der Waals surface area contributed by atoms with E-state index in [1.54, 1.807) is 0 Å². The number of hydrogen-bond donors (Lipinski definition) is 1. The highest BCUT2D eigenvalue weighted by molar-refractivity contribution is 5.37. The molecule has 2 N–H and O–H groups in total. The van der Waals surface area contributed by atoms with Crippen LogP contribution in [0.3, 0.4) is 0 Å². The zero-order chi connectivity index (χ0) is 8.55. The van der Waals surface area contributed by atoms with E-state index < -0.39 is 0 Å². The minimum Gasteiger partial charge on any atom is -0.488 e. The molecule has 0 unspecified atom stereocenters. The third-order valence-corrected chi connectivity index (χ3v) is 2.26. The van der Waals surface area contributed by atoms with Crippen LogP contribution >= 0.6 is 0 Å². The Morgan fingerprint density at radius 2 is 2.25 bits per heavy atom. The smallest absolute Gasteiger partial charge is 0.123 e. The predicted octanol–water partition coefficient (Wildman–Crippen LogP) is 1.34. The van der Waals surface area contributed by atoms with Gasteiger partial charge in [0.25, 0.3) is 0 Å². The van der Waals surface area contributed by atoms with Gasteiger partial charge in [0.1, 0.15) is 11.9 Å². The molecule has 0 radical (unpaired) electrons. The molecule has 12 heavy (non-hydrogen) atoms. The number of rotatable bonds is 1. The van der Waals surface area contributed by atoms with Gasteiger partial charge in [0.05, 0.1) is 0 Å². The quantitative estimate of drug-likeness (QED) is 0.678. The van der Waals surface area contributed by atoms with Gasteiger partial charge in [-0.05, 0) is 18.6 Å². The van der Waals surface area contributed by atoms with Gasteiger partial charge >= 0.3 is 0 Å². The average Bonchev–Trinajstić information content (AvgIpc) is 2.46. The van der Waals surface area contributed by atoms with Crippen molar-refractivity contribution in [2.45, 2.75) is 25.5 Å². The lowest BCUT2D eigenvalue weighted by molar-refractivity contribution is 0.206. The second-order valence-corrected chi connectivity index (χ2v) is 3.33. The summed E-state index contributed by atoms with van der Waals surface area (Å²) in [6, 6.07) is 8.22. The Kier molecular flexibility index (Phi) is 1.77. The first-order chi connectivity index (χ1) is 5.77. The molecule has 1 aliphatic heterocycles. The first kappa shape index (κ1) is 7.62. The number of fused-ring (bicyclic) bond motifs is 1. The Labute approximate surface area is 72.3 Å². The second kappa shape index (κ2) is 2.79. The van der Waals surface area contributed by atoms with Gasteiger partial charge in [0.15, 0.2) is 0 Å². The molecular weight excluding hydrogens is 150 g/mol. The van der Waals surface area contributed by atoms with Gasteiger partial charge in [0.2, 0.25) is 0 Å². The summed E-state index contributed by atoms with van der Waals surface area (Å²) >= 11 is 0. The van der Waals surface area contributed by atoms with Crippen LogP contribution in [0.2, 0.25) is 0 Å². The van der Waals surface area contributed by atoms with E-state index in [-0.39, 0.29) is 12.1 Å². The zero-order valence-electron chi connectivity index (χ0n) is 7.16. The molecule has 1 aliphatic rings. The minimum atomic E-state index is 0.109. The van der Waals surface area contributed by atoms with Gasteiger partial charge in [-0.25, -0.2) is 0 Å². The normalized spacial score (nSPS) is 23.0. The summed E-state index contributed by atoms with van der Waals surface area (Å²) in [6.07, 6.45) is 1.12. The van der Waals surface area contributed by atoms with Crippen LogP contribution in [0.15, 0.2) is 24.3 Å². The predicted molar refractivity (Wildman–Crippen MR) is 48.2 cm³/mol. The van der Waals surface area contributed by atoms with E-state index in [0.717, 1.165) is 12.2 Å². The Hall–Kier alpha value is -1.02. The van der Waals surface area contributed by atoms with Crippen molar-refractivity contribution >= 4 is 0 Å². The third-order valence-electron chi connectivity index (χ3n) is 2.26. The van der Waals surface area contributed by atoms with Crippen molar-refractivity contribution in [3.05, 3.63) is 29.8 Å². The van der Waals surface area contributed by atoms with Crippen LogP contribution in [0.1, 0.15) is 12.5 Å². The molecule has 0 saturated carbocycles. The number of hydrogen-bond acceptors (Lipinski definition) is 2. The molecule has 0 aliphatic carbocycles. The highest BCUT2D eigenvalue weighted by Gasteiger charge is 2.24. The summed E-state index contributed by atoms with van der Waals surface area (Å²) in [5, 5.41) is 0. The van der Waals surface area contributed by atoms with Crippen molar-refractivity contribution in [3.8, 4) is 5.75 Å². The molecular formula is C10H13NO. The van der Waals surface area contributed by atoms with Crippen LogP contribution in [0.4, 0.5) is 0 Å². The molecule has 1 aromatic rings. The molecule has 2 atom stereocenters. The fraction of sp³-hybridized carbons (Fsp3) is 0.400. The maximum atomic E-state index is 5.75. The monoisotopic (exact) mass is 163 g/mol. The lowest BCUT2D eigenvalue weighted by Crippen LogP contribution is -2.34. The lowest BCUT2D eigenvalue weighted by Gasteiger charge is -2.13. The number of benzene rings is 1. The van der Waals surface area contributed by atoms with E-state index in [9.17, 15) is 0 Å². The molecule has 0 amide bonds. The fourth-order valence-corrected chi connectivity index (χ4v) is 1.50. The molecule has 0 fully saturated rings. The molecule has 2 nitrogen and oxygen atoms in total. The van der Waals surface area contributed by atoms with E-state index in [1.807, 2.05) is 25.1 Å². The van der Waals surface area contributed by atoms with Crippen LogP contribution < -0.4 is 10.5 Å². The van der Waals surface area contributed by atoms with Crippen molar-refractivity contribution in [2.75, 3.05) is 0 Å². The van der Waals surface area contributed by atoms with Gasteiger partial charge in [0, 0.05) is 12.5 Å². The fourth-order valence-electron chi connectivity index (χ4n) is 1.50. The largest absolute Gasteiger partial charge is 0.488 e. The molecule has 2 heteroatoms. The molecule has 1 aromatic carbocycles. The summed E-state index contributed by atoms with van der Waals surface area (Å²) in [4.78, 5) is 0. The van der Waals surface area contributed by atoms with Gasteiger partial charge in [-0.15, -0.1) is 0 Å². The molecule has 2 rings (SSSR count). The van der Waals surface area contributed by atoms with E-state index in [0.29, 0.717) is 0 Å². The van der Waals surface area contributed by atoms with Crippen molar-refractivity contribution < 1.29 is 4.74 Å². The number of ether oxygens (including phenoxy) is 1. The highest BCUT2D eigenvalue weighted by Crippen LogP contribution is 2.28. The Bertz CT molecular complexity index is 258. The summed E-state index contributed by atoms with van der Waals surface area (Å²) < 4.78 is 5.64. The number of nitrogens with two attached hydrogens (primary N) is 1. The Morgan fingerprint density at radius 1 is 1.50 bits per heavy atom. The van der Waals surface area contributed by atoms with Gasteiger partial charge in [-0.2, -0.15) is 0 Å². The lowest BCUT2D eigenvalue weighted by atomic mass is 10.1. The maximum Gasteiger partial charge on any atom is 0.123 e. The third kappa shape index (κ3) is 1.18. The van der Waals surface area contributed by atoms with E-state index in [4.69, 9.17) is 10.5 Å². The molecule has 1 heterocycles. The maximum absolute atomic E-state index is 5.75. The van der Waals surface area contributed by atoms with Gasteiger partial charge in [-0.1, -0.05) is 18.2 Å². The summed E-state index contributed by atoms with van der Waals surface area (Å²) in [6.45, 7) is 1.98. The summed E-state index contributed by atoms with van der Waals surface area (Å²) in [7, 11) is 0. The average molecular weight is 163 g/mol. The molecule has 0 aromatic heterocycles.